The molecule has 0 aliphatic heterocycles. The Balaban J connectivity index is 1.75. The van der Waals surface area contributed by atoms with Gasteiger partial charge < -0.3 is 15.0 Å². The normalized spacial score (nSPS) is 14.6. The zero-order valence-electron chi connectivity index (χ0n) is 18.1. The smallest absolute Gasteiger partial charge is 0.331 e. The first-order chi connectivity index (χ1) is 15.9. The van der Waals surface area contributed by atoms with E-state index in [2.05, 4.69) is 5.32 Å². The van der Waals surface area contributed by atoms with Gasteiger partial charge in [-0.1, -0.05) is 31.0 Å². The molecule has 0 saturated heterocycles. The Hall–Kier alpha value is -3.26. The maximum Gasteiger partial charge on any atom is 0.331 e. The fourth-order valence-corrected chi connectivity index (χ4v) is 5.02. The van der Waals surface area contributed by atoms with Crippen molar-refractivity contribution in [2.24, 2.45) is 0 Å². The van der Waals surface area contributed by atoms with Crippen LogP contribution in [0, 0.1) is 5.82 Å². The van der Waals surface area contributed by atoms with Crippen LogP contribution in [0.15, 0.2) is 52.6 Å². The van der Waals surface area contributed by atoms with Gasteiger partial charge in [0.1, 0.15) is 11.4 Å². The summed E-state index contributed by atoms with van der Waals surface area (Å²) in [6.07, 6.45) is 5.52. The lowest BCUT2D eigenvalue weighted by atomic mass is 9.95. The number of carbonyl (C=O) groups is 2. The number of halogens is 1. The van der Waals surface area contributed by atoms with E-state index in [1.54, 1.807) is 40.3 Å². The number of fused-ring (bicyclic) bond motifs is 1. The minimum atomic E-state index is -1.23. The van der Waals surface area contributed by atoms with Crippen LogP contribution >= 0.6 is 11.3 Å². The number of carbonyl (C=O) groups excluding carboxylic acids is 1. The second-order valence-electron chi connectivity index (χ2n) is 8.22. The Bertz CT molecular complexity index is 1200. The van der Waals surface area contributed by atoms with Gasteiger partial charge in [-0.3, -0.25) is 9.59 Å². The molecule has 2 N–H and O–H groups in total. The zero-order chi connectivity index (χ0) is 23.4. The van der Waals surface area contributed by atoms with E-state index in [-0.39, 0.29) is 17.9 Å². The molecule has 172 valence electrons. The summed E-state index contributed by atoms with van der Waals surface area (Å²) in [6, 6.07) is 9.69. The van der Waals surface area contributed by atoms with Crippen molar-refractivity contribution in [2.45, 2.75) is 51.1 Å². The van der Waals surface area contributed by atoms with Crippen LogP contribution in [-0.2, 0) is 24.2 Å². The fraction of sp³-hybridized carbons (Fsp3) is 0.320. The molecular weight excluding hydrogens is 443 g/mol. The van der Waals surface area contributed by atoms with Crippen LogP contribution < -0.4 is 10.9 Å². The quantitative estimate of drug-likeness (QED) is 0.564. The van der Waals surface area contributed by atoms with Crippen LogP contribution in [0.25, 0.3) is 0 Å². The second kappa shape index (κ2) is 10.1. The number of aliphatic carboxylic acids is 1. The van der Waals surface area contributed by atoms with E-state index in [1.807, 2.05) is 0 Å². The van der Waals surface area contributed by atoms with Gasteiger partial charge in [-0.2, -0.15) is 0 Å². The predicted octanol–water partition coefficient (Wildman–Crippen LogP) is 4.31. The van der Waals surface area contributed by atoms with Gasteiger partial charge in [0.15, 0.2) is 6.04 Å². The molecule has 0 bridgehead atoms. The van der Waals surface area contributed by atoms with Gasteiger partial charge in [0.25, 0.3) is 11.5 Å². The Kier molecular flexibility index (Phi) is 7.03. The summed E-state index contributed by atoms with van der Waals surface area (Å²) in [7, 11) is 0. The minimum absolute atomic E-state index is 0.0701. The molecule has 1 unspecified atom stereocenters. The van der Waals surface area contributed by atoms with Gasteiger partial charge in [-0.15, -0.1) is 11.3 Å². The van der Waals surface area contributed by atoms with E-state index >= 15 is 0 Å². The number of nitrogens with zero attached hydrogens (tertiary/aromatic N) is 1. The molecule has 0 spiro atoms. The summed E-state index contributed by atoms with van der Waals surface area (Å²) < 4.78 is 15.0. The Morgan fingerprint density at radius 3 is 2.48 bits per heavy atom. The second-order valence-corrected chi connectivity index (χ2v) is 9.20. The molecule has 6 nitrogen and oxygen atoms in total. The van der Waals surface area contributed by atoms with E-state index in [4.69, 9.17) is 0 Å². The molecule has 8 heteroatoms. The number of amides is 1. The van der Waals surface area contributed by atoms with Gasteiger partial charge >= 0.3 is 5.97 Å². The summed E-state index contributed by atoms with van der Waals surface area (Å²) in [5.74, 6) is -2.26. The lowest BCUT2D eigenvalue weighted by molar-refractivity contribution is -0.139. The van der Waals surface area contributed by atoms with Crippen LogP contribution in [-0.4, -0.2) is 21.6 Å². The first-order valence-electron chi connectivity index (χ1n) is 11.0. The number of rotatable bonds is 6. The molecule has 1 atom stereocenters. The standard InChI is InChI=1S/C25H25FN2O4S/c26-18-11-9-16(10-12-18)15-28-20-7-4-2-1-3-6-17(20)14-19(24(28)30)23(29)27-22(25(31)32)21-8-5-13-33-21/h5,8-14,22H,1-4,6-7,15H2,(H,27,29)(H,31,32). The van der Waals surface area contributed by atoms with Crippen molar-refractivity contribution >= 4 is 23.2 Å². The summed E-state index contributed by atoms with van der Waals surface area (Å²) in [5.41, 5.74) is 2.05. The number of pyridine rings is 1. The van der Waals surface area contributed by atoms with Crippen molar-refractivity contribution in [3.05, 3.63) is 91.3 Å². The number of carboxylic acid groups (broad SMARTS) is 1. The lowest BCUT2D eigenvalue weighted by Crippen LogP contribution is -2.39. The van der Waals surface area contributed by atoms with Crippen molar-refractivity contribution in [3.63, 3.8) is 0 Å². The number of aryl methyl sites for hydroxylation is 1. The summed E-state index contributed by atoms with van der Waals surface area (Å²) >= 11 is 1.23. The number of thiophene rings is 1. The largest absolute Gasteiger partial charge is 0.479 e. The summed E-state index contributed by atoms with van der Waals surface area (Å²) in [5, 5.41) is 13.9. The number of hydrogen-bond acceptors (Lipinski definition) is 4. The highest BCUT2D eigenvalue weighted by molar-refractivity contribution is 7.10. The third-order valence-corrected chi connectivity index (χ3v) is 6.89. The van der Waals surface area contributed by atoms with E-state index < -0.39 is 23.5 Å². The molecule has 1 aliphatic carbocycles. The average molecular weight is 469 g/mol. The van der Waals surface area contributed by atoms with Gasteiger partial charge in [-0.25, -0.2) is 9.18 Å². The maximum atomic E-state index is 13.5. The molecule has 1 amide bonds. The van der Waals surface area contributed by atoms with E-state index in [1.165, 1.54) is 23.5 Å². The Labute approximate surface area is 194 Å². The van der Waals surface area contributed by atoms with Crippen LogP contribution in [0.1, 0.15) is 63.8 Å². The Morgan fingerprint density at radius 2 is 1.82 bits per heavy atom. The third-order valence-electron chi connectivity index (χ3n) is 5.95. The maximum absolute atomic E-state index is 13.5. The number of carboxylic acids is 1. The van der Waals surface area contributed by atoms with Crippen molar-refractivity contribution in [2.75, 3.05) is 0 Å². The van der Waals surface area contributed by atoms with Crippen molar-refractivity contribution in [1.29, 1.82) is 0 Å². The number of benzene rings is 1. The fourth-order valence-electron chi connectivity index (χ4n) is 4.26. The van der Waals surface area contributed by atoms with E-state index in [9.17, 15) is 23.9 Å². The van der Waals surface area contributed by atoms with Gasteiger partial charge in [0.05, 0.1) is 6.54 Å². The molecular formula is C25H25FN2O4S. The van der Waals surface area contributed by atoms with Crippen LogP contribution in [0.4, 0.5) is 4.39 Å². The topological polar surface area (TPSA) is 88.4 Å². The molecule has 4 rings (SSSR count). The number of aromatic nitrogens is 1. The number of nitrogens with one attached hydrogen (secondary N) is 1. The molecule has 2 aromatic heterocycles. The van der Waals surface area contributed by atoms with Crippen LogP contribution in [0.2, 0.25) is 0 Å². The van der Waals surface area contributed by atoms with E-state index in [0.717, 1.165) is 55.3 Å². The minimum Gasteiger partial charge on any atom is -0.479 e. The highest BCUT2D eigenvalue weighted by atomic mass is 32.1. The molecule has 1 aromatic carbocycles. The van der Waals surface area contributed by atoms with Crippen molar-refractivity contribution < 1.29 is 19.1 Å². The summed E-state index contributed by atoms with van der Waals surface area (Å²) in [6.45, 7) is 0.218. The first kappa shape index (κ1) is 22.9. The van der Waals surface area contributed by atoms with Crippen LogP contribution in [0.5, 0.6) is 0 Å². The lowest BCUT2D eigenvalue weighted by Gasteiger charge is -2.22. The zero-order valence-corrected chi connectivity index (χ0v) is 18.9. The average Bonchev–Trinajstić information content (AvgIpc) is 3.30. The summed E-state index contributed by atoms with van der Waals surface area (Å²) in [4.78, 5) is 38.9. The van der Waals surface area contributed by atoms with Gasteiger partial charge in [0, 0.05) is 10.6 Å². The van der Waals surface area contributed by atoms with Gasteiger partial charge in [-0.05, 0) is 66.5 Å². The van der Waals surface area contributed by atoms with Crippen LogP contribution in [0.3, 0.4) is 0 Å². The molecule has 3 aromatic rings. The molecule has 1 aliphatic rings. The third kappa shape index (κ3) is 5.22. The molecule has 0 saturated carbocycles. The van der Waals surface area contributed by atoms with E-state index in [0.29, 0.717) is 4.88 Å². The van der Waals surface area contributed by atoms with Crippen molar-refractivity contribution in [3.8, 4) is 0 Å². The Morgan fingerprint density at radius 1 is 1.09 bits per heavy atom. The van der Waals surface area contributed by atoms with Crippen molar-refractivity contribution in [1.82, 2.24) is 9.88 Å². The van der Waals surface area contributed by atoms with Gasteiger partial charge in [0.2, 0.25) is 0 Å². The highest BCUT2D eigenvalue weighted by Crippen LogP contribution is 2.23. The molecule has 0 radical (unpaired) electrons. The molecule has 0 fully saturated rings. The first-order valence-corrected chi connectivity index (χ1v) is 11.9. The highest BCUT2D eigenvalue weighted by Gasteiger charge is 2.26. The predicted molar refractivity (Wildman–Crippen MR) is 124 cm³/mol. The number of hydrogen-bond donors (Lipinski definition) is 2. The SMILES string of the molecule is O=C(NC(C(=O)O)c1cccs1)c1cc2c(n(Cc3ccc(F)cc3)c1=O)CCCCCC2. The molecule has 2 heterocycles. The monoisotopic (exact) mass is 468 g/mol. The molecule has 33 heavy (non-hydrogen) atoms.